The van der Waals surface area contributed by atoms with Crippen LogP contribution in [-0.2, 0) is 14.3 Å². The highest BCUT2D eigenvalue weighted by Gasteiger charge is 2.40. The Balaban J connectivity index is -0.000000312. The van der Waals surface area contributed by atoms with Gasteiger partial charge < -0.3 is 25.4 Å². The van der Waals surface area contributed by atoms with E-state index in [1.807, 2.05) is 45.9 Å². The van der Waals surface area contributed by atoms with Crippen LogP contribution in [0.4, 0.5) is 4.79 Å². The van der Waals surface area contributed by atoms with Crippen LogP contribution in [0.15, 0.2) is 30.3 Å². The van der Waals surface area contributed by atoms with Gasteiger partial charge >= 0.3 is 6.09 Å². The van der Waals surface area contributed by atoms with E-state index in [1.54, 1.807) is 20.8 Å². The van der Waals surface area contributed by atoms with Crippen molar-refractivity contribution < 1.29 is 24.2 Å². The van der Waals surface area contributed by atoms with E-state index in [9.17, 15) is 19.5 Å². The summed E-state index contributed by atoms with van der Waals surface area (Å²) in [6.45, 7) is 21.6. The lowest BCUT2D eigenvalue weighted by Gasteiger charge is -2.24. The van der Waals surface area contributed by atoms with Crippen molar-refractivity contribution in [1.82, 2.24) is 15.5 Å². The number of alkyl carbamates (subject to hydrolysis) is 1. The number of nitrogens with zero attached hydrogens (tertiary/aromatic N) is 1. The fraction of sp³-hybridized carbons (Fsp3) is 0.618. The summed E-state index contributed by atoms with van der Waals surface area (Å²) in [4.78, 5) is 37.3. The number of terminal acetylenes is 2. The van der Waals surface area contributed by atoms with Gasteiger partial charge in [-0.25, -0.2) is 4.79 Å². The molecule has 1 saturated carbocycles. The molecule has 2 aliphatic rings. The molecule has 1 aromatic carbocycles. The monoisotopic (exact) mass is 589 g/mol. The maximum absolute atomic E-state index is 12.2. The lowest BCUT2D eigenvalue weighted by Crippen LogP contribution is -2.49. The first-order valence-electron chi connectivity index (χ1n) is 14.7. The third-order valence-corrected chi connectivity index (χ3v) is 4.55. The fourth-order valence-corrected chi connectivity index (χ4v) is 2.96. The van der Waals surface area contributed by atoms with Gasteiger partial charge in [-0.05, 0) is 46.5 Å². The largest absolute Gasteiger partial charge is 0.444 e. The molecular formula is C34H59N3O5. The number of carbonyl (C=O) groups excluding carboxylic acids is 3. The summed E-state index contributed by atoms with van der Waals surface area (Å²) in [5.41, 5.74) is 0.673. The molecule has 240 valence electrons. The molecule has 0 unspecified atom stereocenters. The molecule has 3 N–H and O–H groups in total. The minimum Gasteiger partial charge on any atom is -0.444 e. The van der Waals surface area contributed by atoms with Gasteiger partial charge in [0.15, 0.2) is 0 Å². The summed E-state index contributed by atoms with van der Waals surface area (Å²) >= 11 is 0. The van der Waals surface area contributed by atoms with Crippen LogP contribution in [-0.4, -0.2) is 64.8 Å². The van der Waals surface area contributed by atoms with Crippen LogP contribution in [0.1, 0.15) is 94.1 Å². The fourth-order valence-electron chi connectivity index (χ4n) is 2.96. The normalized spacial score (nSPS) is 16.0. The summed E-state index contributed by atoms with van der Waals surface area (Å²) in [7, 11) is 0. The topological polar surface area (TPSA) is 108 Å². The maximum atomic E-state index is 12.2. The molecular weight excluding hydrogens is 530 g/mol. The van der Waals surface area contributed by atoms with E-state index in [-0.39, 0.29) is 31.5 Å². The zero-order chi connectivity index (χ0) is 33.9. The number of aryl methyl sites for hydroxylation is 1. The zero-order valence-electron chi connectivity index (χ0n) is 28.1. The number of benzene rings is 1. The highest BCUT2D eigenvalue weighted by Crippen LogP contribution is 2.22. The Bertz CT molecular complexity index is 847. The predicted molar refractivity (Wildman–Crippen MR) is 176 cm³/mol. The summed E-state index contributed by atoms with van der Waals surface area (Å²) in [5, 5.41) is 15.0. The molecule has 1 aliphatic carbocycles. The van der Waals surface area contributed by atoms with E-state index >= 15 is 0 Å². The summed E-state index contributed by atoms with van der Waals surface area (Å²) in [6, 6.07) is 9.77. The Morgan fingerprint density at radius 3 is 1.79 bits per heavy atom. The molecule has 0 bridgehead atoms. The third-order valence-electron chi connectivity index (χ3n) is 4.55. The average molecular weight is 590 g/mol. The Morgan fingerprint density at radius 2 is 1.43 bits per heavy atom. The van der Waals surface area contributed by atoms with Crippen LogP contribution in [0.3, 0.4) is 0 Å². The highest BCUT2D eigenvalue weighted by molar-refractivity contribution is 5.90. The van der Waals surface area contributed by atoms with Gasteiger partial charge in [0.25, 0.3) is 0 Å². The second-order valence-electron chi connectivity index (χ2n) is 10.5. The molecule has 8 nitrogen and oxygen atoms in total. The van der Waals surface area contributed by atoms with Crippen molar-refractivity contribution >= 4 is 17.9 Å². The van der Waals surface area contributed by atoms with Gasteiger partial charge in [0.1, 0.15) is 18.2 Å². The molecule has 0 spiro atoms. The lowest BCUT2D eigenvalue weighted by atomic mass is 10.2. The Kier molecular flexibility index (Phi) is 30.0. The Labute approximate surface area is 257 Å². The third kappa shape index (κ3) is 26.7. The highest BCUT2D eigenvalue weighted by atomic mass is 16.6. The van der Waals surface area contributed by atoms with Gasteiger partial charge in [0.05, 0.1) is 6.10 Å². The summed E-state index contributed by atoms with van der Waals surface area (Å²) in [5.74, 6) is 0.179. The lowest BCUT2D eigenvalue weighted by molar-refractivity contribution is -0.137. The number of hydrogen-bond donors (Lipinski definition) is 3. The first kappa shape index (κ1) is 45.5. The van der Waals surface area contributed by atoms with Crippen LogP contribution < -0.4 is 10.6 Å². The van der Waals surface area contributed by atoms with Crippen molar-refractivity contribution in [2.24, 2.45) is 5.92 Å². The minimum atomic E-state index is -0.726. The van der Waals surface area contributed by atoms with Crippen LogP contribution >= 0.6 is 0 Å². The minimum absolute atomic E-state index is 0.0948. The molecule has 42 heavy (non-hydrogen) atoms. The molecule has 1 heterocycles. The van der Waals surface area contributed by atoms with E-state index in [0.717, 1.165) is 18.8 Å². The molecule has 8 heteroatoms. The van der Waals surface area contributed by atoms with Gasteiger partial charge in [-0.3, -0.25) is 9.59 Å². The van der Waals surface area contributed by atoms with E-state index in [1.165, 1.54) is 10.5 Å². The van der Waals surface area contributed by atoms with Crippen molar-refractivity contribution in [2.75, 3.05) is 13.1 Å². The van der Waals surface area contributed by atoms with Crippen LogP contribution in [0, 0.1) is 38.5 Å². The quantitative estimate of drug-likeness (QED) is 0.376. The molecule has 3 amide bonds. The molecule has 0 aromatic heterocycles. The molecule has 2 atom stereocenters. The number of hydrogen-bond acceptors (Lipinski definition) is 5. The van der Waals surface area contributed by atoms with E-state index < -0.39 is 29.7 Å². The predicted octanol–water partition coefficient (Wildman–Crippen LogP) is 5.96. The van der Waals surface area contributed by atoms with Crippen molar-refractivity contribution in [2.45, 2.75) is 119 Å². The van der Waals surface area contributed by atoms with E-state index in [2.05, 4.69) is 76.2 Å². The first-order valence-corrected chi connectivity index (χ1v) is 14.7. The standard InChI is InChI=1S/C15H25N3O5.C7H8.C4H10.2C2H6.2C2H2/c1-15(2,3)23-14(22)16-7-12(20)18-8-10(19)6-11(18)13(21)17-9-4-5-9;1-7-5-3-2-4-6-7;1-4(2)3;4*1-2/h9-11,19H,4-8H2,1-3H3,(H,16,22)(H,17,21);2-6H,1H3;4H,1-3H3;2*1-2H3;2*1-2H/t10-,11-;;;;;;/m0....../s1. The van der Waals surface area contributed by atoms with Crippen molar-refractivity contribution in [3.8, 4) is 25.7 Å². The molecule has 0 radical (unpaired) electrons. The van der Waals surface area contributed by atoms with E-state index in [4.69, 9.17) is 4.74 Å². The average Bonchev–Trinajstić information content (AvgIpc) is 3.68. The number of rotatable bonds is 4. The second-order valence-corrected chi connectivity index (χ2v) is 10.5. The number of β-amino-alcohol motifs (C(OH)–C–C–N with tert-alkyl or cyclic N) is 1. The van der Waals surface area contributed by atoms with Gasteiger partial charge in [-0.15, -0.1) is 25.7 Å². The Hall–Kier alpha value is -3.49. The van der Waals surface area contributed by atoms with Crippen molar-refractivity contribution in [3.63, 3.8) is 0 Å². The van der Waals surface area contributed by atoms with Crippen LogP contribution in [0.2, 0.25) is 0 Å². The molecule has 1 aromatic rings. The van der Waals surface area contributed by atoms with Crippen molar-refractivity contribution in [3.05, 3.63) is 35.9 Å². The van der Waals surface area contributed by atoms with Gasteiger partial charge in [-0.2, -0.15) is 0 Å². The number of nitrogens with one attached hydrogen (secondary N) is 2. The summed E-state index contributed by atoms with van der Waals surface area (Å²) < 4.78 is 5.06. The molecule has 1 aliphatic heterocycles. The maximum Gasteiger partial charge on any atom is 0.408 e. The molecule has 1 saturated heterocycles. The smallest absolute Gasteiger partial charge is 0.408 e. The van der Waals surface area contributed by atoms with Gasteiger partial charge in [-0.1, -0.05) is 84.4 Å². The molecule has 3 rings (SSSR count). The number of carbonyl (C=O) groups is 3. The number of ether oxygens (including phenoxy) is 1. The SMILES string of the molecule is C#C.C#C.CC.CC.CC(C)(C)OC(=O)NCC(=O)N1C[C@@H](O)C[C@H]1C(=O)NC1CC1.CC(C)C.Cc1ccccc1. The zero-order valence-corrected chi connectivity index (χ0v) is 28.1. The van der Waals surface area contributed by atoms with Gasteiger partial charge in [0, 0.05) is 19.0 Å². The number of likely N-dealkylation sites (tertiary alicyclic amines) is 1. The summed E-state index contributed by atoms with van der Waals surface area (Å²) in [6.07, 6.45) is 16.7. The van der Waals surface area contributed by atoms with Gasteiger partial charge in [0.2, 0.25) is 11.8 Å². The Morgan fingerprint density at radius 1 is 0.976 bits per heavy atom. The van der Waals surface area contributed by atoms with E-state index in [0.29, 0.717) is 0 Å². The first-order chi connectivity index (χ1) is 19.8. The number of aliphatic hydroxyl groups excluding tert-OH is 1. The number of amides is 3. The van der Waals surface area contributed by atoms with Crippen LogP contribution in [0.5, 0.6) is 0 Å². The number of aliphatic hydroxyl groups is 1. The van der Waals surface area contributed by atoms with Crippen molar-refractivity contribution in [1.29, 1.82) is 0 Å². The molecule has 2 fully saturated rings. The van der Waals surface area contributed by atoms with Crippen LogP contribution in [0.25, 0.3) is 0 Å². The second kappa shape index (κ2) is 27.7.